The summed E-state index contributed by atoms with van der Waals surface area (Å²) in [5, 5.41) is 13.4. The lowest BCUT2D eigenvalue weighted by atomic mass is 9.93. The maximum atomic E-state index is 12.5. The second-order valence-corrected chi connectivity index (χ2v) is 7.93. The number of pyridine rings is 1. The van der Waals surface area contributed by atoms with Gasteiger partial charge in [-0.05, 0) is 49.4 Å². The van der Waals surface area contributed by atoms with Gasteiger partial charge in [-0.1, -0.05) is 23.3 Å². The van der Waals surface area contributed by atoms with Crippen LogP contribution in [0.5, 0.6) is 0 Å². The SMILES string of the molecule is COC(=O)CC1CCN(c2ncc(NC(=O)c3nnc(Nc4ccccc4)o3)cc2C)CC1. The van der Waals surface area contributed by atoms with E-state index in [9.17, 15) is 9.59 Å². The molecule has 33 heavy (non-hydrogen) atoms. The van der Waals surface area contributed by atoms with E-state index in [-0.39, 0.29) is 17.9 Å². The minimum Gasteiger partial charge on any atom is -0.469 e. The zero-order chi connectivity index (χ0) is 23.2. The molecule has 1 aromatic carbocycles. The minimum absolute atomic E-state index is 0.131. The topological polar surface area (TPSA) is 122 Å². The molecular formula is C23H26N6O4. The summed E-state index contributed by atoms with van der Waals surface area (Å²) in [5.41, 5.74) is 2.26. The van der Waals surface area contributed by atoms with Crippen LogP contribution in [0.3, 0.4) is 0 Å². The van der Waals surface area contributed by atoms with Crippen LogP contribution < -0.4 is 15.5 Å². The summed E-state index contributed by atoms with van der Waals surface area (Å²) in [6, 6.07) is 11.3. The van der Waals surface area contributed by atoms with Crippen molar-refractivity contribution in [2.75, 3.05) is 35.7 Å². The van der Waals surface area contributed by atoms with Crippen LogP contribution in [0.4, 0.5) is 23.2 Å². The van der Waals surface area contributed by atoms with Gasteiger partial charge < -0.3 is 24.7 Å². The van der Waals surface area contributed by atoms with Crippen molar-refractivity contribution in [3.05, 3.63) is 54.0 Å². The summed E-state index contributed by atoms with van der Waals surface area (Å²) < 4.78 is 10.2. The molecule has 1 amide bonds. The second kappa shape index (κ2) is 10.1. The number of nitrogens with one attached hydrogen (secondary N) is 2. The Labute approximate surface area is 191 Å². The third kappa shape index (κ3) is 5.65. The number of carbonyl (C=O) groups excluding carboxylic acids is 2. The molecule has 3 aromatic rings. The average Bonchev–Trinajstić information content (AvgIpc) is 3.29. The Morgan fingerprint density at radius 1 is 1.15 bits per heavy atom. The largest absolute Gasteiger partial charge is 0.469 e. The van der Waals surface area contributed by atoms with Crippen molar-refractivity contribution >= 4 is 35.1 Å². The first-order valence-electron chi connectivity index (χ1n) is 10.8. The van der Waals surface area contributed by atoms with Crippen LogP contribution >= 0.6 is 0 Å². The molecule has 0 saturated carbocycles. The number of carbonyl (C=O) groups is 2. The number of piperidine rings is 1. The predicted molar refractivity (Wildman–Crippen MR) is 123 cm³/mol. The van der Waals surface area contributed by atoms with Crippen molar-refractivity contribution in [2.24, 2.45) is 5.92 Å². The number of para-hydroxylation sites is 1. The van der Waals surface area contributed by atoms with Gasteiger partial charge in [-0.3, -0.25) is 9.59 Å². The van der Waals surface area contributed by atoms with Crippen molar-refractivity contribution in [3.63, 3.8) is 0 Å². The molecule has 1 saturated heterocycles. The van der Waals surface area contributed by atoms with Crippen molar-refractivity contribution in [1.82, 2.24) is 15.2 Å². The van der Waals surface area contributed by atoms with Crippen molar-refractivity contribution in [1.29, 1.82) is 0 Å². The third-order valence-corrected chi connectivity index (χ3v) is 5.55. The second-order valence-electron chi connectivity index (χ2n) is 7.93. The van der Waals surface area contributed by atoms with E-state index in [0.717, 1.165) is 43.0 Å². The van der Waals surface area contributed by atoms with E-state index in [1.54, 1.807) is 6.20 Å². The van der Waals surface area contributed by atoms with Gasteiger partial charge in [-0.25, -0.2) is 4.98 Å². The summed E-state index contributed by atoms with van der Waals surface area (Å²) in [4.78, 5) is 30.8. The number of aromatic nitrogens is 3. The molecule has 0 unspecified atom stereocenters. The quantitative estimate of drug-likeness (QED) is 0.520. The Kier molecular flexibility index (Phi) is 6.82. The fourth-order valence-electron chi connectivity index (χ4n) is 3.83. The molecular weight excluding hydrogens is 424 g/mol. The molecule has 0 bridgehead atoms. The molecule has 0 aliphatic carbocycles. The van der Waals surface area contributed by atoms with Gasteiger partial charge in [0.05, 0.1) is 19.0 Å². The molecule has 1 fully saturated rings. The van der Waals surface area contributed by atoms with Crippen LogP contribution in [0, 0.1) is 12.8 Å². The van der Waals surface area contributed by atoms with Gasteiger partial charge in [0.2, 0.25) is 0 Å². The Hall–Kier alpha value is -3.95. The summed E-state index contributed by atoms with van der Waals surface area (Å²) in [6.07, 6.45) is 3.89. The summed E-state index contributed by atoms with van der Waals surface area (Å²) in [5.74, 6) is 0.385. The van der Waals surface area contributed by atoms with Gasteiger partial charge in [-0.2, -0.15) is 0 Å². The fraction of sp³-hybridized carbons (Fsp3) is 0.348. The highest BCUT2D eigenvalue weighted by Crippen LogP contribution is 2.27. The molecule has 1 aliphatic heterocycles. The number of hydrogen-bond acceptors (Lipinski definition) is 9. The Morgan fingerprint density at radius 2 is 1.91 bits per heavy atom. The lowest BCUT2D eigenvalue weighted by Gasteiger charge is -2.33. The summed E-state index contributed by atoms with van der Waals surface area (Å²) >= 11 is 0. The van der Waals surface area contributed by atoms with E-state index >= 15 is 0 Å². The fourth-order valence-corrected chi connectivity index (χ4v) is 3.83. The van der Waals surface area contributed by atoms with E-state index in [2.05, 4.69) is 30.7 Å². The van der Waals surface area contributed by atoms with Gasteiger partial charge in [-0.15, -0.1) is 5.10 Å². The predicted octanol–water partition coefficient (Wildman–Crippen LogP) is 3.55. The molecule has 10 nitrogen and oxygen atoms in total. The molecule has 2 aromatic heterocycles. The number of benzene rings is 1. The molecule has 172 valence electrons. The van der Waals surface area contributed by atoms with Gasteiger partial charge in [0, 0.05) is 25.2 Å². The van der Waals surface area contributed by atoms with Crippen molar-refractivity contribution in [2.45, 2.75) is 26.2 Å². The number of nitrogens with zero attached hydrogens (tertiary/aromatic N) is 4. The van der Waals surface area contributed by atoms with Gasteiger partial charge in [0.25, 0.3) is 0 Å². The average molecular weight is 450 g/mol. The van der Waals surface area contributed by atoms with E-state index in [1.165, 1.54) is 7.11 Å². The highest BCUT2D eigenvalue weighted by Gasteiger charge is 2.24. The van der Waals surface area contributed by atoms with E-state index in [4.69, 9.17) is 9.15 Å². The number of rotatable bonds is 7. The minimum atomic E-state index is -0.513. The zero-order valence-corrected chi connectivity index (χ0v) is 18.6. The van der Waals surface area contributed by atoms with Gasteiger partial charge >= 0.3 is 23.8 Å². The van der Waals surface area contributed by atoms with Crippen LogP contribution in [-0.2, 0) is 9.53 Å². The number of anilines is 4. The smallest absolute Gasteiger partial charge is 0.320 e. The number of hydrogen-bond donors (Lipinski definition) is 2. The number of esters is 1. The first-order valence-corrected chi connectivity index (χ1v) is 10.8. The van der Waals surface area contributed by atoms with Crippen LogP contribution in [0.25, 0.3) is 0 Å². The highest BCUT2D eigenvalue weighted by atomic mass is 16.5. The third-order valence-electron chi connectivity index (χ3n) is 5.55. The summed E-state index contributed by atoms with van der Waals surface area (Å²) in [7, 11) is 1.42. The monoisotopic (exact) mass is 450 g/mol. The van der Waals surface area contributed by atoms with E-state index < -0.39 is 5.91 Å². The van der Waals surface area contributed by atoms with Gasteiger partial charge in [0.15, 0.2) is 0 Å². The maximum absolute atomic E-state index is 12.5. The maximum Gasteiger partial charge on any atom is 0.320 e. The number of methoxy groups -OCH3 is 1. The Morgan fingerprint density at radius 3 is 2.61 bits per heavy atom. The van der Waals surface area contributed by atoms with E-state index in [0.29, 0.717) is 18.0 Å². The van der Waals surface area contributed by atoms with Gasteiger partial charge in [0.1, 0.15) is 5.82 Å². The zero-order valence-electron chi connectivity index (χ0n) is 18.6. The number of amides is 1. The lowest BCUT2D eigenvalue weighted by molar-refractivity contribution is -0.141. The van der Waals surface area contributed by atoms with Crippen molar-refractivity contribution < 1.29 is 18.7 Å². The molecule has 2 N–H and O–H groups in total. The molecule has 3 heterocycles. The van der Waals surface area contributed by atoms with Crippen LogP contribution in [-0.4, -0.2) is 47.3 Å². The van der Waals surface area contributed by atoms with Crippen molar-refractivity contribution in [3.8, 4) is 0 Å². The normalized spacial score (nSPS) is 14.1. The number of ether oxygens (including phenoxy) is 1. The molecule has 4 rings (SSSR count). The molecule has 10 heteroatoms. The van der Waals surface area contributed by atoms with E-state index in [1.807, 2.05) is 43.3 Å². The Balaban J connectivity index is 1.34. The first-order chi connectivity index (χ1) is 16.0. The molecule has 0 atom stereocenters. The molecule has 0 radical (unpaired) electrons. The Bertz CT molecular complexity index is 1110. The first kappa shape index (κ1) is 22.3. The molecule has 1 aliphatic rings. The van der Waals surface area contributed by atoms with Crippen LogP contribution in [0.1, 0.15) is 35.5 Å². The standard InChI is InChI=1S/C23H26N6O4/c1-15-12-18(14-24-20(15)29-10-8-16(9-11-29)13-19(30)32-2)25-21(31)22-27-28-23(33-22)26-17-6-4-3-5-7-17/h3-7,12,14,16H,8-11,13H2,1-2H3,(H,25,31)(H,26,28). The lowest BCUT2D eigenvalue weighted by Crippen LogP contribution is -2.35. The number of aryl methyl sites for hydroxylation is 1. The highest BCUT2D eigenvalue weighted by molar-refractivity contribution is 6.01. The molecule has 0 spiro atoms. The summed E-state index contributed by atoms with van der Waals surface area (Å²) in [6.45, 7) is 3.59. The van der Waals surface area contributed by atoms with Crippen LogP contribution in [0.15, 0.2) is 47.0 Å². The van der Waals surface area contributed by atoms with Crippen LogP contribution in [0.2, 0.25) is 0 Å².